The molecule has 2 aromatic carbocycles. The molecule has 0 aliphatic carbocycles. The summed E-state index contributed by atoms with van der Waals surface area (Å²) in [5.41, 5.74) is 1.52. The number of thiophene rings is 1. The molecular formula is C21H18O2S. The molecule has 0 bridgehead atoms. The van der Waals surface area contributed by atoms with Gasteiger partial charge in [-0.2, -0.15) is 0 Å². The molecule has 120 valence electrons. The third-order valence-corrected chi connectivity index (χ3v) is 5.02. The maximum absolute atomic E-state index is 13.0. The Labute approximate surface area is 145 Å². The molecule has 0 fully saturated rings. The van der Waals surface area contributed by atoms with E-state index in [1.807, 2.05) is 67.6 Å². The molecule has 0 saturated carbocycles. The Balaban J connectivity index is 1.91. The molecule has 2 nitrogen and oxygen atoms in total. The highest BCUT2D eigenvalue weighted by molar-refractivity contribution is 7.14. The van der Waals surface area contributed by atoms with Crippen LogP contribution in [-0.4, -0.2) is 11.6 Å². The molecule has 3 aromatic rings. The standard InChI is InChI=1S/C21H18O2S/c1-15-12-13-20(24-15)19(22)14-18(16-8-4-2-5-9-16)21(23)17-10-6-3-7-11-17/h2-13,18H,14H2,1H3. The molecule has 3 heteroatoms. The van der Waals surface area contributed by atoms with Gasteiger partial charge in [-0.05, 0) is 24.6 Å². The fourth-order valence-electron chi connectivity index (χ4n) is 2.72. The minimum Gasteiger partial charge on any atom is -0.293 e. The maximum atomic E-state index is 13.0. The van der Waals surface area contributed by atoms with Crippen molar-refractivity contribution in [3.05, 3.63) is 93.7 Å². The zero-order chi connectivity index (χ0) is 16.9. The number of Topliss-reactive ketones (excluding diaryl/α,β-unsaturated/α-hetero) is 2. The summed E-state index contributed by atoms with van der Waals surface area (Å²) in [6.07, 6.45) is 0.192. The van der Waals surface area contributed by atoms with E-state index in [0.29, 0.717) is 10.4 Å². The van der Waals surface area contributed by atoms with E-state index in [4.69, 9.17) is 0 Å². The summed E-state index contributed by atoms with van der Waals surface area (Å²) in [6, 6.07) is 22.5. The molecule has 0 spiro atoms. The monoisotopic (exact) mass is 334 g/mol. The van der Waals surface area contributed by atoms with Crippen molar-refractivity contribution in [1.29, 1.82) is 0 Å². The number of ketones is 2. The van der Waals surface area contributed by atoms with Crippen LogP contribution in [0.15, 0.2) is 72.8 Å². The van der Waals surface area contributed by atoms with Crippen LogP contribution in [0.2, 0.25) is 0 Å². The predicted molar refractivity (Wildman–Crippen MR) is 98.0 cm³/mol. The summed E-state index contributed by atoms with van der Waals surface area (Å²) in [4.78, 5) is 27.4. The smallest absolute Gasteiger partial charge is 0.173 e. The molecule has 0 radical (unpaired) electrons. The lowest BCUT2D eigenvalue weighted by molar-refractivity contribution is 0.0895. The lowest BCUT2D eigenvalue weighted by atomic mass is 9.86. The molecule has 0 aliphatic heterocycles. The Bertz CT molecular complexity index is 835. The van der Waals surface area contributed by atoms with Crippen LogP contribution in [0.4, 0.5) is 0 Å². The van der Waals surface area contributed by atoms with Gasteiger partial charge >= 0.3 is 0 Å². The normalized spacial score (nSPS) is 11.9. The molecular weight excluding hydrogens is 316 g/mol. The quantitative estimate of drug-likeness (QED) is 0.574. The van der Waals surface area contributed by atoms with Crippen LogP contribution in [0.25, 0.3) is 0 Å². The fourth-order valence-corrected chi connectivity index (χ4v) is 3.54. The van der Waals surface area contributed by atoms with Gasteiger partial charge in [-0.15, -0.1) is 11.3 Å². The predicted octanol–water partition coefficient (Wildman–Crippen LogP) is 5.30. The number of carbonyl (C=O) groups excluding carboxylic acids is 2. The Morgan fingerprint density at radius 1 is 0.875 bits per heavy atom. The number of hydrogen-bond acceptors (Lipinski definition) is 3. The van der Waals surface area contributed by atoms with E-state index >= 15 is 0 Å². The van der Waals surface area contributed by atoms with Crippen molar-refractivity contribution in [3.8, 4) is 0 Å². The van der Waals surface area contributed by atoms with Crippen molar-refractivity contribution in [3.63, 3.8) is 0 Å². The second-order valence-corrected chi connectivity index (χ2v) is 7.02. The molecule has 1 unspecified atom stereocenters. The number of aryl methyl sites for hydroxylation is 1. The summed E-state index contributed by atoms with van der Waals surface area (Å²) in [7, 11) is 0. The van der Waals surface area contributed by atoms with Gasteiger partial charge in [0.15, 0.2) is 11.6 Å². The van der Waals surface area contributed by atoms with Crippen molar-refractivity contribution in [1.82, 2.24) is 0 Å². The van der Waals surface area contributed by atoms with E-state index in [0.717, 1.165) is 10.4 Å². The largest absolute Gasteiger partial charge is 0.293 e. The van der Waals surface area contributed by atoms with Crippen LogP contribution in [0.1, 0.15) is 42.8 Å². The van der Waals surface area contributed by atoms with E-state index in [1.165, 1.54) is 11.3 Å². The van der Waals surface area contributed by atoms with Crippen LogP contribution in [0.3, 0.4) is 0 Å². The van der Waals surface area contributed by atoms with Gasteiger partial charge in [0.1, 0.15) is 0 Å². The van der Waals surface area contributed by atoms with E-state index in [-0.39, 0.29) is 18.0 Å². The minimum absolute atomic E-state index is 0.0107. The average Bonchev–Trinajstić information content (AvgIpc) is 3.07. The summed E-state index contributed by atoms with van der Waals surface area (Å²) in [6.45, 7) is 1.98. The molecule has 1 heterocycles. The second-order valence-electron chi connectivity index (χ2n) is 5.73. The van der Waals surface area contributed by atoms with Gasteiger partial charge in [-0.25, -0.2) is 0 Å². The summed E-state index contributed by atoms with van der Waals surface area (Å²) >= 11 is 1.48. The van der Waals surface area contributed by atoms with E-state index in [1.54, 1.807) is 12.1 Å². The SMILES string of the molecule is Cc1ccc(C(=O)CC(C(=O)c2ccccc2)c2ccccc2)s1. The summed E-state index contributed by atoms with van der Waals surface area (Å²) in [5.74, 6) is -0.446. The van der Waals surface area contributed by atoms with Gasteiger partial charge in [0, 0.05) is 16.9 Å². The van der Waals surface area contributed by atoms with Gasteiger partial charge in [0.2, 0.25) is 0 Å². The van der Waals surface area contributed by atoms with Crippen LogP contribution in [-0.2, 0) is 0 Å². The van der Waals surface area contributed by atoms with E-state index < -0.39 is 5.92 Å². The lowest BCUT2D eigenvalue weighted by Gasteiger charge is -2.15. The number of benzene rings is 2. The van der Waals surface area contributed by atoms with Crippen LogP contribution in [0, 0.1) is 6.92 Å². The van der Waals surface area contributed by atoms with Gasteiger partial charge in [0.25, 0.3) is 0 Å². The van der Waals surface area contributed by atoms with Crippen LogP contribution in [0.5, 0.6) is 0 Å². The molecule has 0 amide bonds. The Morgan fingerprint density at radius 3 is 2.08 bits per heavy atom. The van der Waals surface area contributed by atoms with Crippen molar-refractivity contribution < 1.29 is 9.59 Å². The number of carbonyl (C=O) groups is 2. The Morgan fingerprint density at radius 2 is 1.50 bits per heavy atom. The lowest BCUT2D eigenvalue weighted by Crippen LogP contribution is -2.17. The van der Waals surface area contributed by atoms with E-state index in [9.17, 15) is 9.59 Å². The van der Waals surface area contributed by atoms with Gasteiger partial charge in [0.05, 0.1) is 10.8 Å². The second kappa shape index (κ2) is 7.37. The van der Waals surface area contributed by atoms with Crippen molar-refractivity contribution in [2.24, 2.45) is 0 Å². The number of hydrogen-bond donors (Lipinski definition) is 0. The minimum atomic E-state index is -0.455. The van der Waals surface area contributed by atoms with Crippen molar-refractivity contribution in [2.75, 3.05) is 0 Å². The van der Waals surface area contributed by atoms with Gasteiger partial charge in [-0.3, -0.25) is 9.59 Å². The fraction of sp³-hybridized carbons (Fsp3) is 0.143. The average molecular weight is 334 g/mol. The van der Waals surface area contributed by atoms with Crippen molar-refractivity contribution in [2.45, 2.75) is 19.3 Å². The van der Waals surface area contributed by atoms with Gasteiger partial charge < -0.3 is 0 Å². The molecule has 3 rings (SSSR count). The zero-order valence-electron chi connectivity index (χ0n) is 13.4. The first-order valence-electron chi connectivity index (χ1n) is 7.89. The summed E-state index contributed by atoms with van der Waals surface area (Å²) < 4.78 is 0. The first-order chi connectivity index (χ1) is 11.6. The molecule has 0 aliphatic rings. The molecule has 24 heavy (non-hydrogen) atoms. The first kappa shape index (κ1) is 16.3. The highest BCUT2D eigenvalue weighted by Crippen LogP contribution is 2.28. The highest BCUT2D eigenvalue weighted by Gasteiger charge is 2.25. The maximum Gasteiger partial charge on any atom is 0.173 e. The van der Waals surface area contributed by atoms with Crippen molar-refractivity contribution >= 4 is 22.9 Å². The summed E-state index contributed by atoms with van der Waals surface area (Å²) in [5, 5.41) is 0. The Kier molecular flexibility index (Phi) is 5.02. The number of rotatable bonds is 6. The molecule has 0 saturated heterocycles. The highest BCUT2D eigenvalue weighted by atomic mass is 32.1. The molecule has 0 N–H and O–H groups in total. The molecule has 1 atom stereocenters. The third-order valence-electron chi connectivity index (χ3n) is 3.98. The Hall–Kier alpha value is -2.52. The van der Waals surface area contributed by atoms with Crippen LogP contribution >= 0.6 is 11.3 Å². The van der Waals surface area contributed by atoms with Crippen LogP contribution < -0.4 is 0 Å². The van der Waals surface area contributed by atoms with Gasteiger partial charge in [-0.1, -0.05) is 60.7 Å². The topological polar surface area (TPSA) is 34.1 Å². The van der Waals surface area contributed by atoms with E-state index in [2.05, 4.69) is 0 Å². The first-order valence-corrected chi connectivity index (χ1v) is 8.70. The third kappa shape index (κ3) is 3.69. The zero-order valence-corrected chi connectivity index (χ0v) is 14.3. The molecule has 1 aromatic heterocycles.